The molecule has 2 aromatic rings. The lowest BCUT2D eigenvalue weighted by atomic mass is 9.94. The van der Waals surface area contributed by atoms with Gasteiger partial charge in [-0.3, -0.25) is 24.6 Å². The lowest BCUT2D eigenvalue weighted by Crippen LogP contribution is -2.59. The van der Waals surface area contributed by atoms with Crippen molar-refractivity contribution < 1.29 is 48.2 Å². The highest BCUT2D eigenvalue weighted by atomic mass is 16.6. The summed E-state index contributed by atoms with van der Waals surface area (Å²) < 4.78 is 16.8. The van der Waals surface area contributed by atoms with Gasteiger partial charge in [0.1, 0.15) is 29.6 Å². The molecular weight excluding hydrogens is 668 g/mol. The molecule has 1 aromatic heterocycles. The Bertz CT molecular complexity index is 1540. The van der Waals surface area contributed by atoms with Crippen LogP contribution in [-0.2, 0) is 41.4 Å². The van der Waals surface area contributed by atoms with E-state index in [4.69, 9.17) is 19.9 Å². The number of aliphatic hydroxyl groups is 1. The summed E-state index contributed by atoms with van der Waals surface area (Å²) in [5.41, 5.74) is 4.99. The second-order valence-electron chi connectivity index (χ2n) is 14.2. The normalized spacial score (nSPS) is 14.6. The number of hydrogen-bond donors (Lipinski definition) is 3. The van der Waals surface area contributed by atoms with Gasteiger partial charge in [0, 0.05) is 30.8 Å². The molecule has 51 heavy (non-hydrogen) atoms. The average Bonchev–Trinajstić information content (AvgIpc) is 3.49. The van der Waals surface area contributed by atoms with Crippen molar-refractivity contribution in [3.8, 4) is 0 Å². The molecular formula is C34H50N6O11. The van der Waals surface area contributed by atoms with Crippen LogP contribution in [0.25, 0.3) is 0 Å². The summed E-state index contributed by atoms with van der Waals surface area (Å²) in [6.45, 7) is 13.2. The van der Waals surface area contributed by atoms with Crippen LogP contribution in [0.2, 0.25) is 0 Å². The van der Waals surface area contributed by atoms with Crippen molar-refractivity contribution in [3.05, 3.63) is 58.2 Å². The van der Waals surface area contributed by atoms with E-state index in [1.807, 2.05) is 0 Å². The number of benzene rings is 1. The number of aromatic nitrogens is 2. The van der Waals surface area contributed by atoms with Crippen molar-refractivity contribution in [2.24, 2.45) is 11.7 Å². The number of esters is 1. The lowest BCUT2D eigenvalue weighted by Gasteiger charge is -2.35. The van der Waals surface area contributed by atoms with Crippen LogP contribution in [0, 0.1) is 16.0 Å². The van der Waals surface area contributed by atoms with Crippen LogP contribution in [0.15, 0.2) is 36.8 Å². The molecule has 0 aliphatic heterocycles. The molecule has 0 aliphatic rings. The minimum atomic E-state index is -1.56. The Morgan fingerprint density at radius 2 is 1.63 bits per heavy atom. The molecule has 0 fully saturated rings. The van der Waals surface area contributed by atoms with Crippen molar-refractivity contribution in [1.29, 1.82) is 0 Å². The number of carbonyl (C=O) groups is 5. The number of methoxy groups -OCH3 is 1. The number of hydrogen-bond acceptors (Lipinski definition) is 13. The molecule has 282 valence electrons. The van der Waals surface area contributed by atoms with Gasteiger partial charge in [0.05, 0.1) is 30.3 Å². The summed E-state index contributed by atoms with van der Waals surface area (Å²) in [5, 5.41) is 24.5. The summed E-state index contributed by atoms with van der Waals surface area (Å²) in [4.78, 5) is 82.6. The molecule has 3 amide bonds. The Morgan fingerprint density at radius 1 is 1.04 bits per heavy atom. The van der Waals surface area contributed by atoms with E-state index in [9.17, 15) is 39.2 Å². The quantitative estimate of drug-likeness (QED) is 0.110. The first-order valence-electron chi connectivity index (χ1n) is 16.4. The summed E-state index contributed by atoms with van der Waals surface area (Å²) >= 11 is 0. The van der Waals surface area contributed by atoms with E-state index in [2.05, 4.69) is 10.3 Å². The summed E-state index contributed by atoms with van der Waals surface area (Å²) in [6, 6.07) is 1.40. The molecule has 0 saturated heterocycles. The van der Waals surface area contributed by atoms with Gasteiger partial charge in [-0.1, -0.05) is 32.4 Å². The van der Waals surface area contributed by atoms with Crippen LogP contribution >= 0.6 is 0 Å². The van der Waals surface area contributed by atoms with Crippen molar-refractivity contribution in [2.45, 2.75) is 117 Å². The number of nitrogens with zero attached hydrogens (tertiary/aromatic N) is 4. The van der Waals surface area contributed by atoms with Crippen molar-refractivity contribution in [3.63, 3.8) is 0 Å². The fourth-order valence-corrected chi connectivity index (χ4v) is 4.85. The van der Waals surface area contributed by atoms with Crippen LogP contribution in [0.4, 0.5) is 15.3 Å². The molecule has 0 saturated carbocycles. The number of non-ortho nitro benzene ring substituents is 1. The number of ether oxygens (including phenoxy) is 3. The fourth-order valence-electron chi connectivity index (χ4n) is 4.85. The van der Waals surface area contributed by atoms with E-state index in [-0.39, 0.29) is 24.2 Å². The maximum atomic E-state index is 14.5. The smallest absolute Gasteiger partial charge is 0.419 e. The molecule has 1 heterocycles. The Labute approximate surface area is 296 Å². The largest absolute Gasteiger partial charge is 0.467 e. The van der Waals surface area contributed by atoms with Gasteiger partial charge in [-0.15, -0.1) is 0 Å². The van der Waals surface area contributed by atoms with Crippen molar-refractivity contribution >= 4 is 35.7 Å². The van der Waals surface area contributed by atoms with E-state index in [1.54, 1.807) is 55.4 Å². The van der Waals surface area contributed by atoms with Crippen LogP contribution in [0.1, 0.15) is 79.5 Å². The van der Waals surface area contributed by atoms with E-state index in [1.165, 1.54) is 36.8 Å². The number of amides is 3. The molecule has 2 rings (SSSR count). The van der Waals surface area contributed by atoms with Gasteiger partial charge in [-0.05, 0) is 59.4 Å². The summed E-state index contributed by atoms with van der Waals surface area (Å²) in [6.07, 6.45) is -1.54. The molecule has 1 unspecified atom stereocenters. The number of nitro groups is 1. The highest BCUT2D eigenvalue weighted by Crippen LogP contribution is 2.22. The van der Waals surface area contributed by atoms with Gasteiger partial charge in [-0.25, -0.2) is 23.9 Å². The molecule has 5 atom stereocenters. The Kier molecular flexibility index (Phi) is 14.8. The zero-order valence-corrected chi connectivity index (χ0v) is 30.6. The Hall–Kier alpha value is -4.90. The van der Waals surface area contributed by atoms with E-state index in [0.717, 1.165) is 11.7 Å². The van der Waals surface area contributed by atoms with Gasteiger partial charge in [0.2, 0.25) is 5.91 Å². The average molecular weight is 719 g/mol. The van der Waals surface area contributed by atoms with Gasteiger partial charge in [0.25, 0.3) is 11.6 Å². The number of imidazole rings is 1. The first kappa shape index (κ1) is 42.3. The third kappa shape index (κ3) is 13.1. The predicted octanol–water partition coefficient (Wildman–Crippen LogP) is 3.27. The highest BCUT2D eigenvalue weighted by Gasteiger charge is 2.43. The number of alkyl carbamates (subject to hydrolysis) is 1. The third-order valence-corrected chi connectivity index (χ3v) is 7.55. The Balaban J connectivity index is 2.51. The minimum Gasteiger partial charge on any atom is -0.467 e. The van der Waals surface area contributed by atoms with Crippen LogP contribution in [0.3, 0.4) is 0 Å². The van der Waals surface area contributed by atoms with Gasteiger partial charge < -0.3 is 30.4 Å². The van der Waals surface area contributed by atoms with Crippen molar-refractivity contribution in [1.82, 2.24) is 19.8 Å². The fraction of sp³-hybridized carbons (Fsp3) is 0.588. The number of aliphatic hydroxyl groups excluding tert-OH is 1. The number of carbonyl (C=O) groups excluding carboxylic acids is 5. The number of nitrogens with two attached hydrogens (primary N) is 1. The van der Waals surface area contributed by atoms with Gasteiger partial charge in [-0.2, -0.15) is 0 Å². The second-order valence-corrected chi connectivity index (χ2v) is 14.2. The minimum absolute atomic E-state index is 0.0231. The Morgan fingerprint density at radius 3 is 2.14 bits per heavy atom. The molecule has 4 N–H and O–H groups in total. The molecule has 17 heteroatoms. The van der Waals surface area contributed by atoms with E-state index < -0.39 is 82.7 Å². The van der Waals surface area contributed by atoms with Gasteiger partial charge >= 0.3 is 18.2 Å². The highest BCUT2D eigenvalue weighted by molar-refractivity contribution is 6.02. The first-order valence-corrected chi connectivity index (χ1v) is 16.4. The first-order chi connectivity index (χ1) is 23.6. The zero-order valence-electron chi connectivity index (χ0n) is 30.6. The summed E-state index contributed by atoms with van der Waals surface area (Å²) in [5.74, 6) is -3.58. The van der Waals surface area contributed by atoms with Crippen molar-refractivity contribution in [2.75, 3.05) is 7.11 Å². The molecule has 17 nitrogen and oxygen atoms in total. The maximum Gasteiger partial charge on any atom is 0.419 e. The monoisotopic (exact) mass is 718 g/mol. The molecule has 0 radical (unpaired) electrons. The zero-order chi connectivity index (χ0) is 38.8. The lowest BCUT2D eigenvalue weighted by molar-refractivity contribution is -0.384. The van der Waals surface area contributed by atoms with E-state index >= 15 is 0 Å². The van der Waals surface area contributed by atoms with Crippen LogP contribution in [0.5, 0.6) is 0 Å². The number of imide groups is 1. The number of nitrogens with one attached hydrogen (secondary N) is 1. The van der Waals surface area contributed by atoms with Crippen LogP contribution in [-0.4, -0.2) is 97.0 Å². The molecule has 0 bridgehead atoms. The second kappa shape index (κ2) is 17.8. The molecule has 1 aromatic carbocycles. The number of nitro benzene ring substituents is 1. The number of rotatable bonds is 14. The van der Waals surface area contributed by atoms with Crippen LogP contribution < -0.4 is 11.1 Å². The molecule has 0 spiro atoms. The van der Waals surface area contributed by atoms with Gasteiger partial charge in [0.15, 0.2) is 0 Å². The predicted molar refractivity (Wildman–Crippen MR) is 183 cm³/mol. The molecule has 0 aliphatic carbocycles. The van der Waals surface area contributed by atoms with E-state index in [0.29, 0.717) is 16.9 Å². The summed E-state index contributed by atoms with van der Waals surface area (Å²) in [7, 11) is 1.10. The topological polar surface area (TPSA) is 236 Å². The standard InChI is InChI=1S/C34H50N6O11/c1-10-20(2)28(30(44)49-9)39(27(42)17-26(41)24(35)15-21-11-13-23(14-12-21)40(47)48)29(43)25(37-31(45)50-33(3,4)5)16-22-18-38(19-36-22)32(46)51-34(6,7)8/h11-14,18-20,24-26,28,41H,10,15-17,35H2,1-9H3,(H,37,45)/t20-,24-,25-,26?,28-/m0/s1. The maximum absolute atomic E-state index is 14.5. The third-order valence-electron chi connectivity index (χ3n) is 7.55. The SMILES string of the molecule is CC[C@H](C)[C@@H](C(=O)OC)N(C(=O)CC(O)[C@@H](N)Cc1ccc([N+](=O)[O-])cc1)C(=O)[C@H](Cc1cn(C(=O)OC(C)(C)C)cn1)NC(=O)OC(C)(C)C.